The molecule has 0 aliphatic heterocycles. The van der Waals surface area contributed by atoms with Crippen molar-refractivity contribution in [3.05, 3.63) is 46.8 Å². The van der Waals surface area contributed by atoms with Crippen LogP contribution in [0.25, 0.3) is 10.4 Å². The second-order valence-electron chi connectivity index (χ2n) is 4.47. The van der Waals surface area contributed by atoms with Crippen molar-refractivity contribution in [2.75, 3.05) is 7.05 Å². The lowest BCUT2D eigenvalue weighted by molar-refractivity contribution is 0.142. The van der Waals surface area contributed by atoms with Crippen LogP contribution in [0.1, 0.15) is 23.4 Å². The van der Waals surface area contributed by atoms with Crippen molar-refractivity contribution < 1.29 is 9.53 Å². The van der Waals surface area contributed by atoms with Crippen molar-refractivity contribution in [2.45, 2.75) is 19.6 Å². The van der Waals surface area contributed by atoms with Crippen LogP contribution in [0.5, 0.6) is 0 Å². The predicted octanol–water partition coefficient (Wildman–Crippen LogP) is 3.29. The molecule has 5 heteroatoms. The monoisotopic (exact) mass is 290 g/mol. The van der Waals surface area contributed by atoms with Crippen LogP contribution in [0.4, 0.5) is 4.79 Å². The first-order valence-corrected chi connectivity index (χ1v) is 7.21. The highest BCUT2D eigenvalue weighted by Gasteiger charge is 2.10. The smallest absolute Gasteiger partial charge is 0.407 e. The van der Waals surface area contributed by atoms with E-state index in [0.29, 0.717) is 0 Å². The van der Waals surface area contributed by atoms with Gasteiger partial charge < -0.3 is 15.8 Å². The molecule has 0 saturated carbocycles. The molecule has 1 amide bonds. The number of hydrogen-bond acceptors (Lipinski definition) is 4. The van der Waals surface area contributed by atoms with Crippen LogP contribution < -0.4 is 11.1 Å². The first-order valence-electron chi connectivity index (χ1n) is 6.40. The Labute approximate surface area is 122 Å². The maximum absolute atomic E-state index is 11.2. The molecule has 1 atom stereocenters. The van der Waals surface area contributed by atoms with Gasteiger partial charge in [-0.3, -0.25) is 0 Å². The average Bonchev–Trinajstić information content (AvgIpc) is 2.95. The third-order valence-corrected chi connectivity index (χ3v) is 4.24. The molecule has 3 N–H and O–H groups in total. The topological polar surface area (TPSA) is 64.3 Å². The van der Waals surface area contributed by atoms with Crippen LogP contribution in [0, 0.1) is 0 Å². The fraction of sp³-hybridized carbons (Fsp3) is 0.267. The van der Waals surface area contributed by atoms with Crippen molar-refractivity contribution in [3.8, 4) is 10.4 Å². The second-order valence-corrected chi connectivity index (χ2v) is 5.59. The van der Waals surface area contributed by atoms with E-state index in [-0.39, 0.29) is 12.6 Å². The van der Waals surface area contributed by atoms with Gasteiger partial charge in [0, 0.05) is 22.8 Å². The van der Waals surface area contributed by atoms with Crippen molar-refractivity contribution in [1.82, 2.24) is 5.32 Å². The van der Waals surface area contributed by atoms with Gasteiger partial charge in [0.25, 0.3) is 0 Å². The van der Waals surface area contributed by atoms with Crippen molar-refractivity contribution in [1.29, 1.82) is 0 Å². The second kappa shape index (κ2) is 6.54. The summed E-state index contributed by atoms with van der Waals surface area (Å²) >= 11 is 1.67. The molecule has 0 spiro atoms. The Kier molecular flexibility index (Phi) is 4.76. The quantitative estimate of drug-likeness (QED) is 0.908. The number of nitrogens with one attached hydrogen (secondary N) is 1. The number of benzene rings is 1. The Hall–Kier alpha value is -1.85. The van der Waals surface area contributed by atoms with Gasteiger partial charge in [0.1, 0.15) is 6.61 Å². The zero-order valence-electron chi connectivity index (χ0n) is 11.6. The lowest BCUT2D eigenvalue weighted by Gasteiger charge is -2.08. The zero-order chi connectivity index (χ0) is 14.5. The van der Waals surface area contributed by atoms with Crippen LogP contribution in [-0.4, -0.2) is 13.1 Å². The number of carbonyl (C=O) groups excluding carboxylic acids is 1. The third kappa shape index (κ3) is 3.37. The normalized spacial score (nSPS) is 11.9. The summed E-state index contributed by atoms with van der Waals surface area (Å²) in [6, 6.07) is 12.0. The molecule has 4 nitrogen and oxygen atoms in total. The summed E-state index contributed by atoms with van der Waals surface area (Å²) in [6.07, 6.45) is -0.428. The van der Waals surface area contributed by atoms with E-state index in [0.717, 1.165) is 20.9 Å². The number of ether oxygens (including phenoxy) is 1. The minimum Gasteiger partial charge on any atom is -0.445 e. The van der Waals surface area contributed by atoms with Crippen molar-refractivity contribution in [3.63, 3.8) is 0 Å². The van der Waals surface area contributed by atoms with E-state index in [1.807, 2.05) is 37.3 Å². The Morgan fingerprint density at radius 3 is 2.75 bits per heavy atom. The Balaban J connectivity index is 2.24. The average molecular weight is 290 g/mol. The summed E-state index contributed by atoms with van der Waals surface area (Å²) in [7, 11) is 1.54. The lowest BCUT2D eigenvalue weighted by atomic mass is 10.1. The predicted molar refractivity (Wildman–Crippen MR) is 81.6 cm³/mol. The molecule has 0 aliphatic carbocycles. The number of carbonyl (C=O) groups is 1. The highest BCUT2D eigenvalue weighted by molar-refractivity contribution is 7.15. The molecular formula is C15H18N2O2S. The summed E-state index contributed by atoms with van der Waals surface area (Å²) in [4.78, 5) is 13.5. The van der Waals surface area contributed by atoms with Crippen LogP contribution in [0.3, 0.4) is 0 Å². The Morgan fingerprint density at radius 1 is 1.35 bits per heavy atom. The molecule has 1 aromatic heterocycles. The standard InChI is InChI=1S/C15H18N2O2S/c1-10(16)13-7-8-14(20-13)12-6-4-3-5-11(12)9-19-15(18)17-2/h3-8,10H,9,16H2,1-2H3,(H,17,18). The molecule has 0 bridgehead atoms. The minimum absolute atomic E-state index is 0.0306. The fourth-order valence-corrected chi connectivity index (χ4v) is 2.87. The highest BCUT2D eigenvalue weighted by atomic mass is 32.1. The first-order chi connectivity index (χ1) is 9.61. The molecular weight excluding hydrogens is 272 g/mol. The van der Waals surface area contributed by atoms with Crippen LogP contribution >= 0.6 is 11.3 Å². The maximum atomic E-state index is 11.2. The van der Waals surface area contributed by atoms with Gasteiger partial charge in [-0.25, -0.2) is 4.79 Å². The van der Waals surface area contributed by atoms with E-state index in [1.165, 1.54) is 0 Å². The highest BCUT2D eigenvalue weighted by Crippen LogP contribution is 2.33. The van der Waals surface area contributed by atoms with Gasteiger partial charge in [0.2, 0.25) is 0 Å². The molecule has 1 unspecified atom stereocenters. The molecule has 0 aliphatic rings. The van der Waals surface area contributed by atoms with Gasteiger partial charge in [-0.15, -0.1) is 11.3 Å². The van der Waals surface area contributed by atoms with Gasteiger partial charge in [0.05, 0.1) is 0 Å². The SMILES string of the molecule is CNC(=O)OCc1ccccc1-c1ccc(C(C)N)s1. The number of nitrogens with two attached hydrogens (primary N) is 1. The number of alkyl carbamates (subject to hydrolysis) is 1. The van der Waals surface area contributed by atoms with E-state index in [9.17, 15) is 4.79 Å². The van der Waals surface area contributed by atoms with Crippen LogP contribution in [-0.2, 0) is 11.3 Å². The van der Waals surface area contributed by atoms with E-state index in [2.05, 4.69) is 11.4 Å². The summed E-state index contributed by atoms with van der Waals surface area (Å²) in [5.41, 5.74) is 7.95. The minimum atomic E-state index is -0.428. The lowest BCUT2D eigenvalue weighted by Crippen LogP contribution is -2.18. The van der Waals surface area contributed by atoms with Crippen LogP contribution in [0.15, 0.2) is 36.4 Å². The summed E-state index contributed by atoms with van der Waals surface area (Å²) in [5.74, 6) is 0. The summed E-state index contributed by atoms with van der Waals surface area (Å²) in [6.45, 7) is 2.22. The van der Waals surface area contributed by atoms with Gasteiger partial charge in [-0.1, -0.05) is 24.3 Å². The van der Waals surface area contributed by atoms with Crippen molar-refractivity contribution in [2.24, 2.45) is 5.73 Å². The van der Waals surface area contributed by atoms with Crippen molar-refractivity contribution >= 4 is 17.4 Å². The summed E-state index contributed by atoms with van der Waals surface area (Å²) in [5, 5.41) is 2.44. The molecule has 20 heavy (non-hydrogen) atoms. The largest absolute Gasteiger partial charge is 0.445 e. The number of rotatable bonds is 4. The maximum Gasteiger partial charge on any atom is 0.407 e. The first kappa shape index (κ1) is 14.6. The molecule has 106 valence electrons. The molecule has 0 fully saturated rings. The van der Waals surface area contributed by atoms with E-state index >= 15 is 0 Å². The Bertz CT molecular complexity index is 593. The Morgan fingerprint density at radius 2 is 2.10 bits per heavy atom. The van der Waals surface area contributed by atoms with Gasteiger partial charge in [0.15, 0.2) is 0 Å². The molecule has 1 aromatic carbocycles. The van der Waals surface area contributed by atoms with Gasteiger partial charge in [-0.2, -0.15) is 0 Å². The van der Waals surface area contributed by atoms with E-state index < -0.39 is 6.09 Å². The third-order valence-electron chi connectivity index (χ3n) is 2.92. The molecule has 0 saturated heterocycles. The van der Waals surface area contributed by atoms with Crippen LogP contribution in [0.2, 0.25) is 0 Å². The molecule has 1 heterocycles. The number of hydrogen-bond donors (Lipinski definition) is 2. The van der Waals surface area contributed by atoms with Gasteiger partial charge in [-0.05, 0) is 30.2 Å². The summed E-state index contributed by atoms with van der Waals surface area (Å²) < 4.78 is 5.12. The number of amides is 1. The van der Waals surface area contributed by atoms with E-state index in [1.54, 1.807) is 18.4 Å². The fourth-order valence-electron chi connectivity index (χ4n) is 1.84. The molecule has 2 rings (SSSR count). The number of thiophene rings is 1. The van der Waals surface area contributed by atoms with E-state index in [4.69, 9.17) is 10.5 Å². The zero-order valence-corrected chi connectivity index (χ0v) is 12.4. The molecule has 0 radical (unpaired) electrons. The van der Waals surface area contributed by atoms with Gasteiger partial charge >= 0.3 is 6.09 Å². The molecule has 2 aromatic rings.